The minimum Gasteiger partial charge on any atom is -0.396 e. The van der Waals surface area contributed by atoms with Crippen LogP contribution in [0.25, 0.3) is 0 Å². The lowest BCUT2D eigenvalue weighted by atomic mass is 9.89. The summed E-state index contributed by atoms with van der Waals surface area (Å²) in [6, 6.07) is 0. The molecule has 5 nitrogen and oxygen atoms in total. The van der Waals surface area contributed by atoms with Gasteiger partial charge in [-0.15, -0.1) is 5.10 Å². The summed E-state index contributed by atoms with van der Waals surface area (Å²) in [4.78, 5) is 11.7. The normalized spacial score (nSPS) is 11.8. The highest BCUT2D eigenvalue weighted by Gasteiger charge is 2.20. The first-order chi connectivity index (χ1) is 7.43. The fourth-order valence-electron chi connectivity index (χ4n) is 1.27. The molecule has 0 aliphatic heterocycles. The Labute approximate surface area is 95.5 Å². The van der Waals surface area contributed by atoms with Crippen molar-refractivity contribution in [1.82, 2.24) is 15.0 Å². The van der Waals surface area contributed by atoms with Crippen molar-refractivity contribution in [3.8, 4) is 0 Å². The molecule has 90 valence electrons. The van der Waals surface area contributed by atoms with Gasteiger partial charge in [0.15, 0.2) is 0 Å². The van der Waals surface area contributed by atoms with Crippen LogP contribution in [0.3, 0.4) is 0 Å². The first-order valence-corrected chi connectivity index (χ1v) is 5.46. The van der Waals surface area contributed by atoms with E-state index in [1.807, 2.05) is 20.8 Å². The molecule has 0 unspecified atom stereocenters. The average molecular weight is 225 g/mol. The van der Waals surface area contributed by atoms with Crippen LogP contribution in [0.1, 0.15) is 32.9 Å². The van der Waals surface area contributed by atoms with E-state index in [9.17, 15) is 4.79 Å². The summed E-state index contributed by atoms with van der Waals surface area (Å²) in [5.74, 6) is 0.215. The number of aryl methyl sites for hydroxylation is 1. The van der Waals surface area contributed by atoms with Gasteiger partial charge in [0.05, 0.1) is 5.69 Å². The second kappa shape index (κ2) is 5.21. The number of aliphatic hydroxyl groups excluding tert-OH is 1. The van der Waals surface area contributed by atoms with E-state index in [1.165, 1.54) is 0 Å². The van der Waals surface area contributed by atoms with Crippen molar-refractivity contribution in [2.75, 3.05) is 6.61 Å². The van der Waals surface area contributed by atoms with Gasteiger partial charge in [-0.3, -0.25) is 9.48 Å². The van der Waals surface area contributed by atoms with E-state index in [0.717, 1.165) is 5.69 Å². The first kappa shape index (κ1) is 12.8. The summed E-state index contributed by atoms with van der Waals surface area (Å²) in [7, 11) is 0. The number of hydrogen-bond acceptors (Lipinski definition) is 4. The Hall–Kier alpha value is -1.23. The monoisotopic (exact) mass is 225 g/mol. The van der Waals surface area contributed by atoms with Gasteiger partial charge in [-0.25, -0.2) is 0 Å². The van der Waals surface area contributed by atoms with Gasteiger partial charge in [-0.05, 0) is 0 Å². The van der Waals surface area contributed by atoms with Crippen LogP contribution in [0.5, 0.6) is 0 Å². The summed E-state index contributed by atoms with van der Waals surface area (Å²) in [6.07, 6.45) is 2.74. The second-order valence-electron chi connectivity index (χ2n) is 4.87. The molecule has 0 amide bonds. The molecule has 0 radical (unpaired) electrons. The summed E-state index contributed by atoms with van der Waals surface area (Å²) in [5, 5.41) is 16.5. The summed E-state index contributed by atoms with van der Waals surface area (Å²) < 4.78 is 1.65. The minimum atomic E-state index is -0.297. The quantitative estimate of drug-likeness (QED) is 0.805. The van der Waals surface area contributed by atoms with Gasteiger partial charge < -0.3 is 5.11 Å². The van der Waals surface area contributed by atoms with Crippen LogP contribution in [0.15, 0.2) is 6.20 Å². The van der Waals surface area contributed by atoms with Gasteiger partial charge in [0, 0.05) is 37.6 Å². The third kappa shape index (κ3) is 3.73. The lowest BCUT2D eigenvalue weighted by Gasteiger charge is -2.15. The van der Waals surface area contributed by atoms with Gasteiger partial charge in [-0.1, -0.05) is 26.0 Å². The maximum absolute atomic E-state index is 11.7. The van der Waals surface area contributed by atoms with Crippen LogP contribution in [-0.2, 0) is 17.8 Å². The minimum absolute atomic E-state index is 0.0691. The Morgan fingerprint density at radius 2 is 2.19 bits per heavy atom. The molecule has 1 rings (SSSR count). The van der Waals surface area contributed by atoms with Crippen molar-refractivity contribution in [1.29, 1.82) is 0 Å². The highest BCUT2D eigenvalue weighted by atomic mass is 16.3. The maximum atomic E-state index is 11.7. The fourth-order valence-corrected chi connectivity index (χ4v) is 1.27. The zero-order valence-electron chi connectivity index (χ0n) is 10.1. The van der Waals surface area contributed by atoms with Crippen molar-refractivity contribution in [3.63, 3.8) is 0 Å². The Morgan fingerprint density at radius 3 is 2.75 bits per heavy atom. The van der Waals surface area contributed by atoms with Crippen molar-refractivity contribution < 1.29 is 9.90 Å². The van der Waals surface area contributed by atoms with Crippen LogP contribution >= 0.6 is 0 Å². The number of carbonyl (C=O) groups is 1. The molecule has 1 aromatic heterocycles. The van der Waals surface area contributed by atoms with E-state index < -0.39 is 0 Å². The Bertz CT molecular complexity index is 352. The Kier molecular flexibility index (Phi) is 4.18. The summed E-state index contributed by atoms with van der Waals surface area (Å²) in [5.41, 5.74) is 0.458. The number of ketones is 1. The van der Waals surface area contributed by atoms with E-state index in [-0.39, 0.29) is 17.8 Å². The smallest absolute Gasteiger partial charge is 0.140 e. The number of hydrogen-bond donors (Lipinski definition) is 1. The van der Waals surface area contributed by atoms with Crippen molar-refractivity contribution in [2.45, 2.75) is 40.2 Å². The van der Waals surface area contributed by atoms with Gasteiger partial charge >= 0.3 is 0 Å². The third-order valence-corrected chi connectivity index (χ3v) is 2.36. The lowest BCUT2D eigenvalue weighted by Crippen LogP contribution is -2.21. The highest BCUT2D eigenvalue weighted by molar-refractivity contribution is 5.83. The molecule has 0 bridgehead atoms. The zero-order valence-corrected chi connectivity index (χ0v) is 10.1. The molecule has 0 spiro atoms. The molecule has 1 aromatic rings. The van der Waals surface area contributed by atoms with E-state index in [1.54, 1.807) is 10.9 Å². The van der Waals surface area contributed by atoms with Crippen LogP contribution < -0.4 is 0 Å². The predicted molar refractivity (Wildman–Crippen MR) is 59.9 cm³/mol. The topological polar surface area (TPSA) is 68.0 Å². The van der Waals surface area contributed by atoms with Crippen molar-refractivity contribution in [3.05, 3.63) is 11.9 Å². The maximum Gasteiger partial charge on any atom is 0.140 e. The average Bonchev–Trinajstić information content (AvgIpc) is 2.61. The van der Waals surface area contributed by atoms with Crippen LogP contribution in [-0.4, -0.2) is 32.5 Å². The first-order valence-electron chi connectivity index (χ1n) is 5.46. The van der Waals surface area contributed by atoms with Crippen molar-refractivity contribution >= 4 is 5.78 Å². The molecular weight excluding hydrogens is 206 g/mol. The molecular formula is C11H19N3O2. The lowest BCUT2D eigenvalue weighted by molar-refractivity contribution is -0.126. The van der Waals surface area contributed by atoms with Gasteiger partial charge in [0.1, 0.15) is 5.78 Å². The van der Waals surface area contributed by atoms with Crippen molar-refractivity contribution in [2.24, 2.45) is 5.41 Å². The third-order valence-electron chi connectivity index (χ3n) is 2.36. The molecule has 0 aromatic carbocycles. The molecule has 0 atom stereocenters. The van der Waals surface area contributed by atoms with E-state index in [2.05, 4.69) is 10.3 Å². The van der Waals surface area contributed by atoms with Gasteiger partial charge in [0.2, 0.25) is 0 Å². The number of carbonyl (C=O) groups excluding carboxylic acids is 1. The fraction of sp³-hybridized carbons (Fsp3) is 0.727. The number of nitrogens with zero attached hydrogens (tertiary/aromatic N) is 3. The van der Waals surface area contributed by atoms with E-state index in [0.29, 0.717) is 19.4 Å². The summed E-state index contributed by atoms with van der Waals surface area (Å²) in [6.45, 7) is 6.35. The van der Waals surface area contributed by atoms with Gasteiger partial charge in [-0.2, -0.15) is 0 Å². The van der Waals surface area contributed by atoms with E-state index >= 15 is 0 Å². The molecule has 0 aliphatic rings. The number of aliphatic hydroxyl groups is 1. The second-order valence-corrected chi connectivity index (χ2v) is 4.87. The van der Waals surface area contributed by atoms with Crippen LogP contribution in [0.4, 0.5) is 0 Å². The van der Waals surface area contributed by atoms with Crippen LogP contribution in [0, 0.1) is 5.41 Å². The number of aromatic nitrogens is 3. The molecule has 0 fully saturated rings. The molecule has 1 heterocycles. The number of rotatable bonds is 5. The standard InChI is InChI=1S/C11H19N3O2/c1-11(2,3)10(16)4-6-14-8-9(5-7-15)12-13-14/h8,15H,4-7H2,1-3H3. The van der Waals surface area contributed by atoms with E-state index in [4.69, 9.17) is 5.11 Å². The molecule has 0 saturated carbocycles. The molecule has 1 N–H and O–H groups in total. The number of Topliss-reactive ketones (excluding diaryl/α,β-unsaturated/α-hetero) is 1. The highest BCUT2D eigenvalue weighted by Crippen LogP contribution is 2.16. The molecule has 0 aliphatic carbocycles. The predicted octanol–water partition coefficient (Wildman–Crippen LogP) is 0.818. The van der Waals surface area contributed by atoms with Gasteiger partial charge in [0.25, 0.3) is 0 Å². The molecule has 5 heteroatoms. The van der Waals surface area contributed by atoms with Crippen LogP contribution in [0.2, 0.25) is 0 Å². The Morgan fingerprint density at radius 1 is 1.50 bits per heavy atom. The largest absolute Gasteiger partial charge is 0.396 e. The summed E-state index contributed by atoms with van der Waals surface area (Å²) >= 11 is 0. The zero-order chi connectivity index (χ0) is 12.2. The molecule has 16 heavy (non-hydrogen) atoms. The SMILES string of the molecule is CC(C)(C)C(=O)CCn1cc(CCO)nn1. The molecule has 0 saturated heterocycles. The Balaban J connectivity index is 2.45.